The largest absolute Gasteiger partial charge is 0.508 e. The van der Waals surface area contributed by atoms with Crippen molar-refractivity contribution in [1.82, 2.24) is 15.6 Å². The predicted octanol–water partition coefficient (Wildman–Crippen LogP) is 2.55. The molecule has 7 nitrogen and oxygen atoms in total. The summed E-state index contributed by atoms with van der Waals surface area (Å²) in [6.07, 6.45) is 1.48. The number of benzene rings is 2. The van der Waals surface area contributed by atoms with Crippen molar-refractivity contribution in [1.29, 1.82) is 0 Å². The van der Waals surface area contributed by atoms with Crippen LogP contribution in [-0.4, -0.2) is 34.5 Å². The number of phenolic OH excluding ortho intramolecular Hbond substituents is 1. The van der Waals surface area contributed by atoms with Crippen LogP contribution in [-0.2, 0) is 0 Å². The van der Waals surface area contributed by atoms with Gasteiger partial charge in [-0.05, 0) is 48.0 Å². The molecule has 25 heavy (non-hydrogen) atoms. The van der Waals surface area contributed by atoms with Gasteiger partial charge in [-0.25, -0.2) is 5.43 Å². The van der Waals surface area contributed by atoms with E-state index < -0.39 is 5.91 Å². The first-order chi connectivity index (χ1) is 12.2. The molecule has 0 aliphatic rings. The van der Waals surface area contributed by atoms with Crippen LogP contribution in [0.25, 0.3) is 11.3 Å². The summed E-state index contributed by atoms with van der Waals surface area (Å²) >= 11 is 0. The number of hydrazone groups is 1. The molecule has 0 aliphatic heterocycles. The van der Waals surface area contributed by atoms with Crippen LogP contribution < -0.4 is 10.2 Å². The first kappa shape index (κ1) is 16.3. The van der Waals surface area contributed by atoms with Gasteiger partial charge in [0.15, 0.2) is 0 Å². The van der Waals surface area contributed by atoms with Crippen molar-refractivity contribution in [3.63, 3.8) is 0 Å². The van der Waals surface area contributed by atoms with Crippen LogP contribution in [0.1, 0.15) is 16.1 Å². The summed E-state index contributed by atoms with van der Waals surface area (Å²) in [6.45, 7) is 0. The molecule has 1 heterocycles. The Morgan fingerprint density at radius 2 is 2.00 bits per heavy atom. The summed E-state index contributed by atoms with van der Waals surface area (Å²) < 4.78 is 5.30. The molecule has 3 N–H and O–H groups in total. The molecule has 3 rings (SSSR count). The van der Waals surface area contributed by atoms with Crippen molar-refractivity contribution in [2.24, 2.45) is 5.10 Å². The minimum Gasteiger partial charge on any atom is -0.508 e. The van der Waals surface area contributed by atoms with E-state index in [1.54, 1.807) is 25.3 Å². The van der Waals surface area contributed by atoms with Crippen molar-refractivity contribution in [3.8, 4) is 22.8 Å². The fourth-order valence-electron chi connectivity index (χ4n) is 2.22. The molecular weight excluding hydrogens is 320 g/mol. The highest BCUT2D eigenvalue weighted by atomic mass is 16.5. The van der Waals surface area contributed by atoms with Gasteiger partial charge in [0.1, 0.15) is 17.2 Å². The number of methoxy groups -OCH3 is 1. The first-order valence-electron chi connectivity index (χ1n) is 7.48. The molecule has 0 spiro atoms. The van der Waals surface area contributed by atoms with Gasteiger partial charge in [-0.1, -0.05) is 12.1 Å². The van der Waals surface area contributed by atoms with E-state index in [-0.39, 0.29) is 11.4 Å². The summed E-state index contributed by atoms with van der Waals surface area (Å²) in [5.74, 6) is 0.428. The van der Waals surface area contributed by atoms with E-state index in [2.05, 4.69) is 20.7 Å². The molecule has 7 heteroatoms. The number of para-hydroxylation sites is 1. The van der Waals surface area contributed by atoms with Crippen molar-refractivity contribution in [2.75, 3.05) is 7.11 Å². The normalized spacial score (nSPS) is 10.8. The molecule has 1 amide bonds. The number of aromatic nitrogens is 2. The van der Waals surface area contributed by atoms with Crippen molar-refractivity contribution >= 4 is 12.1 Å². The lowest BCUT2D eigenvalue weighted by molar-refractivity contribution is 0.0950. The second-order valence-corrected chi connectivity index (χ2v) is 5.16. The van der Waals surface area contributed by atoms with E-state index in [0.29, 0.717) is 11.4 Å². The van der Waals surface area contributed by atoms with Gasteiger partial charge < -0.3 is 9.84 Å². The number of carbonyl (C=O) groups excluding carboxylic acids is 1. The highest BCUT2D eigenvalue weighted by Gasteiger charge is 2.13. The fraction of sp³-hybridized carbons (Fsp3) is 0.0556. The third-order valence-electron chi connectivity index (χ3n) is 3.48. The fourth-order valence-corrected chi connectivity index (χ4v) is 2.22. The van der Waals surface area contributed by atoms with Gasteiger partial charge in [0.05, 0.1) is 19.0 Å². The summed E-state index contributed by atoms with van der Waals surface area (Å²) in [5, 5.41) is 19.9. The molecule has 3 aromatic rings. The number of aromatic hydroxyl groups is 1. The Morgan fingerprint density at radius 1 is 1.24 bits per heavy atom. The third-order valence-corrected chi connectivity index (χ3v) is 3.48. The number of aromatic amines is 1. The van der Waals surface area contributed by atoms with Gasteiger partial charge in [0.25, 0.3) is 5.91 Å². The maximum atomic E-state index is 12.1. The minimum absolute atomic E-state index is 0.169. The lowest BCUT2D eigenvalue weighted by atomic mass is 10.1. The van der Waals surface area contributed by atoms with E-state index >= 15 is 0 Å². The molecule has 1 aromatic heterocycles. The Labute approximate surface area is 144 Å². The number of nitrogens with one attached hydrogen (secondary N) is 2. The second kappa shape index (κ2) is 7.31. The molecule has 126 valence electrons. The molecule has 0 bridgehead atoms. The quantitative estimate of drug-likeness (QED) is 0.492. The minimum atomic E-state index is -0.413. The average Bonchev–Trinajstić information content (AvgIpc) is 3.13. The smallest absolute Gasteiger partial charge is 0.289 e. The molecule has 0 saturated carbocycles. The monoisotopic (exact) mass is 336 g/mol. The summed E-state index contributed by atoms with van der Waals surface area (Å²) in [4.78, 5) is 12.1. The van der Waals surface area contributed by atoms with Gasteiger partial charge >= 0.3 is 0 Å². The van der Waals surface area contributed by atoms with Crippen LogP contribution in [0.2, 0.25) is 0 Å². The summed E-state index contributed by atoms with van der Waals surface area (Å²) in [6, 6.07) is 15.5. The molecule has 0 atom stereocenters. The number of hydrogen-bond acceptors (Lipinski definition) is 5. The van der Waals surface area contributed by atoms with Gasteiger partial charge in [-0.3, -0.25) is 9.89 Å². The van der Waals surface area contributed by atoms with Crippen LogP contribution in [0.15, 0.2) is 59.7 Å². The Bertz CT molecular complexity index is 901. The lowest BCUT2D eigenvalue weighted by Crippen LogP contribution is -2.17. The van der Waals surface area contributed by atoms with E-state index in [0.717, 1.165) is 11.1 Å². The standard InChI is InChI=1S/C18H16N4O3/c1-25-17-5-3-2-4-14(17)15-10-16(21-20-15)18(24)22-19-11-12-6-8-13(23)9-7-12/h2-11,23H,1H3,(H,20,21)(H,22,24)/b19-11+. The highest BCUT2D eigenvalue weighted by Crippen LogP contribution is 2.28. The summed E-state index contributed by atoms with van der Waals surface area (Å²) in [7, 11) is 1.58. The number of nitrogens with zero attached hydrogens (tertiary/aromatic N) is 2. The number of hydrogen-bond donors (Lipinski definition) is 3. The number of amides is 1. The Hall–Kier alpha value is -3.61. The lowest BCUT2D eigenvalue weighted by Gasteiger charge is -2.04. The number of carbonyl (C=O) groups is 1. The van der Waals surface area contributed by atoms with Crippen LogP contribution in [0.4, 0.5) is 0 Å². The zero-order valence-electron chi connectivity index (χ0n) is 13.4. The SMILES string of the molecule is COc1ccccc1-c1cc(C(=O)N/N=C/c2ccc(O)cc2)[nH]n1. The van der Waals surface area contributed by atoms with E-state index in [1.807, 2.05) is 24.3 Å². The zero-order valence-corrected chi connectivity index (χ0v) is 13.4. The maximum Gasteiger partial charge on any atom is 0.289 e. The Balaban J connectivity index is 1.69. The summed E-state index contributed by atoms with van der Waals surface area (Å²) in [5.41, 5.74) is 4.84. The van der Waals surface area contributed by atoms with Gasteiger partial charge in [-0.15, -0.1) is 0 Å². The number of ether oxygens (including phenoxy) is 1. The molecule has 2 aromatic carbocycles. The Kier molecular flexibility index (Phi) is 4.75. The van der Waals surface area contributed by atoms with Gasteiger partial charge in [-0.2, -0.15) is 10.2 Å². The third kappa shape index (κ3) is 3.84. The van der Waals surface area contributed by atoms with Gasteiger partial charge in [0, 0.05) is 5.56 Å². The Morgan fingerprint density at radius 3 is 2.76 bits per heavy atom. The number of rotatable bonds is 5. The van der Waals surface area contributed by atoms with E-state index in [1.165, 1.54) is 18.3 Å². The highest BCUT2D eigenvalue weighted by molar-refractivity contribution is 5.94. The first-order valence-corrected chi connectivity index (χ1v) is 7.48. The van der Waals surface area contributed by atoms with E-state index in [4.69, 9.17) is 4.74 Å². The predicted molar refractivity (Wildman–Crippen MR) is 93.7 cm³/mol. The van der Waals surface area contributed by atoms with Gasteiger partial charge in [0.2, 0.25) is 0 Å². The van der Waals surface area contributed by atoms with Crippen LogP contribution in [0.3, 0.4) is 0 Å². The molecular formula is C18H16N4O3. The molecule has 0 saturated heterocycles. The van der Waals surface area contributed by atoms with Crippen molar-refractivity contribution in [2.45, 2.75) is 0 Å². The molecule has 0 unspecified atom stereocenters. The number of H-pyrrole nitrogens is 1. The number of phenols is 1. The zero-order chi connectivity index (χ0) is 17.6. The molecule has 0 radical (unpaired) electrons. The second-order valence-electron chi connectivity index (χ2n) is 5.16. The maximum absolute atomic E-state index is 12.1. The van der Waals surface area contributed by atoms with Crippen LogP contribution in [0, 0.1) is 0 Å². The van der Waals surface area contributed by atoms with Crippen LogP contribution in [0.5, 0.6) is 11.5 Å². The van der Waals surface area contributed by atoms with Crippen molar-refractivity contribution < 1.29 is 14.6 Å². The van der Waals surface area contributed by atoms with Crippen LogP contribution >= 0.6 is 0 Å². The van der Waals surface area contributed by atoms with E-state index in [9.17, 15) is 9.90 Å². The average molecular weight is 336 g/mol. The van der Waals surface area contributed by atoms with Crippen molar-refractivity contribution in [3.05, 3.63) is 65.9 Å². The molecule has 0 fully saturated rings. The topological polar surface area (TPSA) is 99.6 Å². The molecule has 0 aliphatic carbocycles.